The number of aromatic nitrogens is 5. The van der Waals surface area contributed by atoms with Gasteiger partial charge in [0.15, 0.2) is 5.65 Å². The maximum Gasteiger partial charge on any atom is 0.248 e. The van der Waals surface area contributed by atoms with Crippen LogP contribution in [-0.4, -0.2) is 56.0 Å². The van der Waals surface area contributed by atoms with Gasteiger partial charge >= 0.3 is 0 Å². The molecule has 1 amide bonds. The molecule has 0 aliphatic heterocycles. The van der Waals surface area contributed by atoms with E-state index in [-0.39, 0.29) is 11.6 Å². The third-order valence-electron chi connectivity index (χ3n) is 5.32. The predicted octanol–water partition coefficient (Wildman–Crippen LogP) is 4.40. The first-order valence-electron chi connectivity index (χ1n) is 11.4. The average molecular weight is 499 g/mol. The summed E-state index contributed by atoms with van der Waals surface area (Å²) < 4.78 is 22.4. The molecule has 186 valence electrons. The maximum atomic E-state index is 15.0. The molecule has 3 heterocycles. The van der Waals surface area contributed by atoms with Crippen molar-refractivity contribution in [3.63, 3.8) is 0 Å². The Hall–Kier alpha value is -4.90. The highest BCUT2D eigenvalue weighted by Gasteiger charge is 2.11. The lowest BCUT2D eigenvalue weighted by atomic mass is 10.2. The number of pyridine rings is 1. The molecular weight excluding hydrogens is 475 g/mol. The van der Waals surface area contributed by atoms with Gasteiger partial charge in [-0.15, -0.1) is 0 Å². The first-order valence-corrected chi connectivity index (χ1v) is 11.4. The molecule has 0 unspecified atom stereocenters. The second-order valence-corrected chi connectivity index (χ2v) is 8.40. The first kappa shape index (κ1) is 23.8. The molecule has 5 aromatic rings. The number of anilines is 3. The van der Waals surface area contributed by atoms with Crippen LogP contribution in [0.5, 0.6) is 11.5 Å². The van der Waals surface area contributed by atoms with Crippen LogP contribution in [0.3, 0.4) is 0 Å². The van der Waals surface area contributed by atoms with Gasteiger partial charge in [0.2, 0.25) is 5.91 Å². The van der Waals surface area contributed by atoms with Crippen molar-refractivity contribution in [2.24, 2.45) is 0 Å². The van der Waals surface area contributed by atoms with Crippen molar-refractivity contribution < 1.29 is 13.9 Å². The Balaban J connectivity index is 1.33. The van der Waals surface area contributed by atoms with Crippen LogP contribution < -0.4 is 15.4 Å². The molecule has 37 heavy (non-hydrogen) atoms. The number of hydrogen-bond acceptors (Lipinski definition) is 8. The minimum atomic E-state index is -0.525. The van der Waals surface area contributed by atoms with Gasteiger partial charge in [0.1, 0.15) is 35.8 Å². The summed E-state index contributed by atoms with van der Waals surface area (Å²) in [6, 6.07) is 13.2. The van der Waals surface area contributed by atoms with Crippen molar-refractivity contribution in [2.75, 3.05) is 31.3 Å². The fraction of sp³-hybridized carbons (Fsp3) is 0.115. The quantitative estimate of drug-likeness (QED) is 0.303. The minimum Gasteiger partial charge on any atom is -0.457 e. The van der Waals surface area contributed by atoms with Crippen LogP contribution in [0.25, 0.3) is 16.6 Å². The van der Waals surface area contributed by atoms with E-state index in [1.807, 2.05) is 19.0 Å². The third kappa shape index (κ3) is 5.68. The zero-order chi connectivity index (χ0) is 25.8. The standard InChI is InChI=1S/C26H23FN8O2/c1-34(2)10-3-4-25(36)32-17-5-7-22-20(12-17)26(30-15-28-22)33-23-8-6-18(13-21(23)27)37-19-9-11-35-24(14-19)29-16-31-35/h3-9,11-16H,10H2,1-2H3,(H,32,36)(H,28,30,33)/b4-3+. The normalized spacial score (nSPS) is 11.5. The molecule has 2 aromatic carbocycles. The van der Waals surface area contributed by atoms with Crippen LogP contribution in [0.1, 0.15) is 0 Å². The van der Waals surface area contributed by atoms with Gasteiger partial charge in [-0.25, -0.2) is 23.9 Å². The average Bonchev–Trinajstić information content (AvgIpc) is 3.34. The molecule has 0 bridgehead atoms. The molecule has 0 saturated heterocycles. The second kappa shape index (κ2) is 10.4. The number of nitrogens with zero attached hydrogens (tertiary/aromatic N) is 6. The van der Waals surface area contributed by atoms with Gasteiger partial charge in [0.25, 0.3) is 0 Å². The van der Waals surface area contributed by atoms with Crippen molar-refractivity contribution in [1.82, 2.24) is 29.5 Å². The van der Waals surface area contributed by atoms with E-state index in [4.69, 9.17) is 4.74 Å². The fourth-order valence-corrected chi connectivity index (χ4v) is 3.57. The van der Waals surface area contributed by atoms with Crippen LogP contribution in [0.2, 0.25) is 0 Å². The number of halogens is 1. The van der Waals surface area contributed by atoms with Crippen LogP contribution in [-0.2, 0) is 4.79 Å². The maximum absolute atomic E-state index is 15.0. The van der Waals surface area contributed by atoms with E-state index in [1.54, 1.807) is 59.3 Å². The molecule has 0 atom stereocenters. The zero-order valence-electron chi connectivity index (χ0n) is 20.1. The number of ether oxygens (including phenoxy) is 1. The number of rotatable bonds is 8. The van der Waals surface area contributed by atoms with Crippen molar-refractivity contribution in [1.29, 1.82) is 0 Å². The van der Waals surface area contributed by atoms with Gasteiger partial charge in [-0.1, -0.05) is 6.08 Å². The van der Waals surface area contributed by atoms with Crippen molar-refractivity contribution in [3.8, 4) is 11.5 Å². The molecule has 3 aromatic heterocycles. The van der Waals surface area contributed by atoms with Crippen LogP contribution in [0.15, 0.2) is 79.5 Å². The summed E-state index contributed by atoms with van der Waals surface area (Å²) in [6.45, 7) is 0.652. The monoisotopic (exact) mass is 498 g/mol. The highest BCUT2D eigenvalue weighted by molar-refractivity contribution is 6.01. The first-order chi connectivity index (χ1) is 17.9. The van der Waals surface area contributed by atoms with Crippen molar-refractivity contribution in [3.05, 3.63) is 85.4 Å². The summed E-state index contributed by atoms with van der Waals surface area (Å²) in [5, 5.41) is 10.5. The Bertz CT molecular complexity index is 1620. The molecule has 0 saturated carbocycles. The molecule has 0 aliphatic carbocycles. The van der Waals surface area contributed by atoms with Crippen molar-refractivity contribution >= 4 is 39.6 Å². The number of benzene rings is 2. The van der Waals surface area contributed by atoms with E-state index in [9.17, 15) is 9.18 Å². The summed E-state index contributed by atoms with van der Waals surface area (Å²) in [6.07, 6.45) is 7.80. The lowest BCUT2D eigenvalue weighted by molar-refractivity contribution is -0.111. The van der Waals surface area contributed by atoms with E-state index in [1.165, 1.54) is 24.8 Å². The number of fused-ring (bicyclic) bond motifs is 2. The van der Waals surface area contributed by atoms with E-state index in [0.29, 0.717) is 46.1 Å². The molecule has 10 nitrogen and oxygen atoms in total. The van der Waals surface area contributed by atoms with Gasteiger partial charge in [0.05, 0.1) is 11.2 Å². The Kier molecular flexibility index (Phi) is 6.68. The topological polar surface area (TPSA) is 110 Å². The number of carbonyl (C=O) groups is 1. The van der Waals surface area contributed by atoms with Gasteiger partial charge in [-0.3, -0.25) is 4.79 Å². The van der Waals surface area contributed by atoms with E-state index >= 15 is 0 Å². The molecular formula is C26H23FN8O2. The van der Waals surface area contributed by atoms with Gasteiger partial charge < -0.3 is 20.3 Å². The molecule has 11 heteroatoms. The Labute approximate surface area is 211 Å². The number of nitrogens with one attached hydrogen (secondary N) is 2. The summed E-state index contributed by atoms with van der Waals surface area (Å²) in [4.78, 5) is 26.8. The van der Waals surface area contributed by atoms with E-state index in [0.717, 1.165) is 0 Å². The van der Waals surface area contributed by atoms with Gasteiger partial charge in [-0.2, -0.15) is 5.10 Å². The molecule has 2 N–H and O–H groups in total. The summed E-state index contributed by atoms with van der Waals surface area (Å²) in [5.41, 5.74) is 2.04. The highest BCUT2D eigenvalue weighted by Crippen LogP contribution is 2.30. The van der Waals surface area contributed by atoms with E-state index in [2.05, 4.69) is 30.7 Å². The number of carbonyl (C=O) groups excluding carboxylic acids is 1. The van der Waals surface area contributed by atoms with Crippen LogP contribution in [0, 0.1) is 5.82 Å². The van der Waals surface area contributed by atoms with Gasteiger partial charge in [0, 0.05) is 42.0 Å². The fourth-order valence-electron chi connectivity index (χ4n) is 3.57. The summed E-state index contributed by atoms with van der Waals surface area (Å²) in [5.74, 6) is 0.454. The number of hydrogen-bond donors (Lipinski definition) is 2. The Morgan fingerprint density at radius 2 is 1.92 bits per heavy atom. The molecule has 0 fully saturated rings. The predicted molar refractivity (Wildman–Crippen MR) is 139 cm³/mol. The third-order valence-corrected chi connectivity index (χ3v) is 5.32. The van der Waals surface area contributed by atoms with Gasteiger partial charge in [-0.05, 0) is 50.5 Å². The van der Waals surface area contributed by atoms with Crippen LogP contribution >= 0.6 is 0 Å². The zero-order valence-corrected chi connectivity index (χ0v) is 20.1. The Morgan fingerprint density at radius 3 is 2.76 bits per heavy atom. The highest BCUT2D eigenvalue weighted by atomic mass is 19.1. The SMILES string of the molecule is CN(C)C/C=C/C(=O)Nc1ccc2ncnc(Nc3ccc(Oc4ccn5ncnc5c4)cc3F)c2c1. The minimum absolute atomic E-state index is 0.210. The molecule has 5 rings (SSSR count). The summed E-state index contributed by atoms with van der Waals surface area (Å²) >= 11 is 0. The smallest absolute Gasteiger partial charge is 0.248 e. The van der Waals surface area contributed by atoms with Crippen LogP contribution in [0.4, 0.5) is 21.6 Å². The molecule has 0 spiro atoms. The number of amides is 1. The van der Waals surface area contributed by atoms with Crippen molar-refractivity contribution in [2.45, 2.75) is 0 Å². The molecule has 0 radical (unpaired) electrons. The largest absolute Gasteiger partial charge is 0.457 e. The van der Waals surface area contributed by atoms with E-state index < -0.39 is 5.82 Å². The molecule has 0 aliphatic rings. The lowest BCUT2D eigenvalue weighted by Crippen LogP contribution is -2.12. The number of likely N-dealkylation sites (N-methyl/N-ethyl adjacent to an activating group) is 1. The second-order valence-electron chi connectivity index (χ2n) is 8.40. The Morgan fingerprint density at radius 1 is 1.05 bits per heavy atom. The lowest BCUT2D eigenvalue weighted by Gasteiger charge is -2.12. The summed E-state index contributed by atoms with van der Waals surface area (Å²) in [7, 11) is 3.84.